The predicted octanol–water partition coefficient (Wildman–Crippen LogP) is 3.09. The van der Waals surface area contributed by atoms with E-state index in [1.54, 1.807) is 0 Å². The molecule has 1 aromatic rings. The molecule has 0 aliphatic heterocycles. The van der Waals surface area contributed by atoms with Gasteiger partial charge in [0.25, 0.3) is 0 Å². The van der Waals surface area contributed by atoms with Gasteiger partial charge in [-0.3, -0.25) is 0 Å². The molecule has 1 rings (SSSR count). The smallest absolute Gasteiger partial charge is 0.0621 e. The molecule has 0 N–H and O–H groups in total. The fraction of sp³-hybridized carbons (Fsp3) is 0.364. The van der Waals surface area contributed by atoms with Gasteiger partial charge in [0.2, 0.25) is 0 Å². The Labute approximate surface area is 73.6 Å². The first-order chi connectivity index (χ1) is 5.84. The molecule has 0 amide bonds. The highest BCUT2D eigenvalue weighted by atomic mass is 14.2. The van der Waals surface area contributed by atoms with Crippen molar-refractivity contribution in [2.24, 2.45) is 0 Å². The third-order valence-electron chi connectivity index (χ3n) is 2.06. The molecule has 0 radical (unpaired) electrons. The van der Waals surface area contributed by atoms with Gasteiger partial charge in [-0.1, -0.05) is 37.3 Å². The number of nitrogens with zero attached hydrogens (tertiary/aromatic N) is 1. The van der Waals surface area contributed by atoms with Gasteiger partial charge in [-0.25, -0.2) is 0 Å². The third kappa shape index (κ3) is 2.39. The van der Waals surface area contributed by atoms with E-state index in [4.69, 9.17) is 5.26 Å². The molecular formula is C11H13N. The molecule has 1 heteroatoms. The summed E-state index contributed by atoms with van der Waals surface area (Å²) in [5.74, 6) is 0.505. The molecule has 0 bridgehead atoms. The van der Waals surface area contributed by atoms with Gasteiger partial charge in [0.1, 0.15) is 0 Å². The molecule has 0 aliphatic carbocycles. The molecule has 0 aliphatic rings. The van der Waals surface area contributed by atoms with E-state index in [1.165, 1.54) is 5.56 Å². The normalized spacial score (nSPS) is 12.0. The lowest BCUT2D eigenvalue weighted by Gasteiger charge is -2.08. The average Bonchev–Trinajstić information content (AvgIpc) is 2.15. The van der Waals surface area contributed by atoms with E-state index in [-0.39, 0.29) is 0 Å². The van der Waals surface area contributed by atoms with Crippen LogP contribution in [0.1, 0.15) is 31.2 Å². The predicted molar refractivity (Wildman–Crippen MR) is 49.7 cm³/mol. The summed E-state index contributed by atoms with van der Waals surface area (Å²) in [4.78, 5) is 0. The lowest BCUT2D eigenvalue weighted by Crippen LogP contribution is -1.91. The first kappa shape index (κ1) is 8.80. The summed E-state index contributed by atoms with van der Waals surface area (Å²) >= 11 is 0. The first-order valence-electron chi connectivity index (χ1n) is 4.26. The van der Waals surface area contributed by atoms with Crippen molar-refractivity contribution in [2.75, 3.05) is 0 Å². The van der Waals surface area contributed by atoms with Crippen LogP contribution in [0.4, 0.5) is 0 Å². The van der Waals surface area contributed by atoms with Gasteiger partial charge in [-0.2, -0.15) is 5.26 Å². The summed E-state index contributed by atoms with van der Waals surface area (Å²) in [6.45, 7) is 2.16. The van der Waals surface area contributed by atoms with Crippen LogP contribution in [-0.2, 0) is 0 Å². The Hall–Kier alpha value is -1.29. The number of rotatable bonds is 3. The van der Waals surface area contributed by atoms with Crippen LogP contribution in [0.25, 0.3) is 0 Å². The second-order valence-corrected chi connectivity index (χ2v) is 3.01. The van der Waals surface area contributed by atoms with E-state index in [9.17, 15) is 0 Å². The van der Waals surface area contributed by atoms with Crippen molar-refractivity contribution >= 4 is 0 Å². The van der Waals surface area contributed by atoms with E-state index in [1.807, 2.05) is 18.2 Å². The van der Waals surface area contributed by atoms with Crippen LogP contribution in [0.3, 0.4) is 0 Å². The summed E-state index contributed by atoms with van der Waals surface area (Å²) in [6.07, 6.45) is 1.61. The van der Waals surface area contributed by atoms with Crippen molar-refractivity contribution in [3.8, 4) is 6.07 Å². The Balaban J connectivity index is 2.55. The molecule has 0 unspecified atom stereocenters. The Morgan fingerprint density at radius 2 is 2.00 bits per heavy atom. The molecule has 1 aromatic carbocycles. The van der Waals surface area contributed by atoms with Crippen molar-refractivity contribution < 1.29 is 0 Å². The van der Waals surface area contributed by atoms with Gasteiger partial charge in [-0.15, -0.1) is 0 Å². The van der Waals surface area contributed by atoms with Crippen molar-refractivity contribution in [1.29, 1.82) is 5.26 Å². The van der Waals surface area contributed by atoms with Crippen LogP contribution in [0.2, 0.25) is 0 Å². The van der Waals surface area contributed by atoms with Gasteiger partial charge < -0.3 is 0 Å². The number of hydrogen-bond acceptors (Lipinski definition) is 1. The topological polar surface area (TPSA) is 23.8 Å². The van der Waals surface area contributed by atoms with E-state index >= 15 is 0 Å². The molecule has 0 heterocycles. The molecule has 1 atom stereocenters. The molecule has 0 spiro atoms. The maximum Gasteiger partial charge on any atom is 0.0621 e. The van der Waals surface area contributed by atoms with Crippen LogP contribution in [-0.4, -0.2) is 0 Å². The minimum atomic E-state index is 0.505. The largest absolute Gasteiger partial charge is 0.198 e. The number of benzene rings is 1. The standard InChI is InChI=1S/C11H13N/c1-10(6-5-9-12)11-7-3-2-4-8-11/h2-4,7-8,10H,5-6H2,1H3/t10-/m0/s1. The summed E-state index contributed by atoms with van der Waals surface area (Å²) in [6, 6.07) is 12.5. The summed E-state index contributed by atoms with van der Waals surface area (Å²) in [7, 11) is 0. The van der Waals surface area contributed by atoms with Crippen LogP contribution in [0.5, 0.6) is 0 Å². The molecule has 62 valence electrons. The zero-order valence-corrected chi connectivity index (χ0v) is 7.33. The second kappa shape index (κ2) is 4.56. The highest BCUT2D eigenvalue weighted by molar-refractivity contribution is 5.18. The first-order valence-corrected chi connectivity index (χ1v) is 4.26. The number of hydrogen-bond donors (Lipinski definition) is 0. The highest BCUT2D eigenvalue weighted by Crippen LogP contribution is 2.19. The Kier molecular flexibility index (Phi) is 3.35. The third-order valence-corrected chi connectivity index (χ3v) is 2.06. The molecule has 0 saturated heterocycles. The molecule has 0 saturated carbocycles. The van der Waals surface area contributed by atoms with Gasteiger partial charge in [-0.05, 0) is 17.9 Å². The molecule has 1 nitrogen and oxygen atoms in total. The van der Waals surface area contributed by atoms with Crippen LogP contribution in [0, 0.1) is 11.3 Å². The molecule has 12 heavy (non-hydrogen) atoms. The number of nitriles is 1. The molecule has 0 aromatic heterocycles. The maximum absolute atomic E-state index is 8.41. The average molecular weight is 159 g/mol. The zero-order chi connectivity index (χ0) is 8.81. The molecular weight excluding hydrogens is 146 g/mol. The summed E-state index contributed by atoms with van der Waals surface area (Å²) in [5, 5.41) is 8.41. The molecule has 0 fully saturated rings. The fourth-order valence-electron chi connectivity index (χ4n) is 1.23. The van der Waals surface area contributed by atoms with Gasteiger partial charge in [0.05, 0.1) is 6.07 Å². The van der Waals surface area contributed by atoms with Gasteiger partial charge >= 0.3 is 0 Å². The quantitative estimate of drug-likeness (QED) is 0.664. The van der Waals surface area contributed by atoms with E-state index in [2.05, 4.69) is 25.1 Å². The lowest BCUT2D eigenvalue weighted by molar-refractivity contribution is 0.695. The summed E-state index contributed by atoms with van der Waals surface area (Å²) in [5.41, 5.74) is 1.33. The van der Waals surface area contributed by atoms with Crippen LogP contribution < -0.4 is 0 Å². The Morgan fingerprint density at radius 1 is 1.33 bits per heavy atom. The second-order valence-electron chi connectivity index (χ2n) is 3.01. The minimum Gasteiger partial charge on any atom is -0.198 e. The SMILES string of the molecule is C[C@@H](CCC#N)c1ccccc1. The van der Waals surface area contributed by atoms with Crippen molar-refractivity contribution in [3.05, 3.63) is 35.9 Å². The van der Waals surface area contributed by atoms with E-state index in [0.717, 1.165) is 6.42 Å². The van der Waals surface area contributed by atoms with Crippen molar-refractivity contribution in [2.45, 2.75) is 25.7 Å². The van der Waals surface area contributed by atoms with Gasteiger partial charge in [0.15, 0.2) is 0 Å². The maximum atomic E-state index is 8.41. The fourth-order valence-corrected chi connectivity index (χ4v) is 1.23. The van der Waals surface area contributed by atoms with Gasteiger partial charge in [0, 0.05) is 6.42 Å². The van der Waals surface area contributed by atoms with Crippen molar-refractivity contribution in [1.82, 2.24) is 0 Å². The minimum absolute atomic E-state index is 0.505. The van der Waals surface area contributed by atoms with E-state index < -0.39 is 0 Å². The Morgan fingerprint density at radius 3 is 2.58 bits per heavy atom. The zero-order valence-electron chi connectivity index (χ0n) is 7.33. The monoisotopic (exact) mass is 159 g/mol. The van der Waals surface area contributed by atoms with Crippen LogP contribution in [0.15, 0.2) is 30.3 Å². The Bertz CT molecular complexity index is 258. The van der Waals surface area contributed by atoms with Crippen LogP contribution >= 0.6 is 0 Å². The summed E-state index contributed by atoms with van der Waals surface area (Å²) < 4.78 is 0. The van der Waals surface area contributed by atoms with Crippen molar-refractivity contribution in [3.63, 3.8) is 0 Å². The lowest BCUT2D eigenvalue weighted by atomic mass is 9.97. The highest BCUT2D eigenvalue weighted by Gasteiger charge is 2.02. The van der Waals surface area contributed by atoms with E-state index in [0.29, 0.717) is 12.3 Å².